The topological polar surface area (TPSA) is 107 Å². The minimum absolute atomic E-state index is 0.0844. The number of anilines is 1. The van der Waals surface area contributed by atoms with Crippen molar-refractivity contribution >= 4 is 22.7 Å². The lowest BCUT2D eigenvalue weighted by Crippen LogP contribution is -2.46. The number of hydrogen-bond acceptors (Lipinski definition) is 6. The Hall–Kier alpha value is -2.74. The number of ether oxygens (including phenoxy) is 2. The van der Waals surface area contributed by atoms with Crippen LogP contribution in [0.3, 0.4) is 0 Å². The van der Waals surface area contributed by atoms with Gasteiger partial charge >= 0.3 is 6.16 Å². The first-order chi connectivity index (χ1) is 13.4. The summed E-state index contributed by atoms with van der Waals surface area (Å²) in [6.07, 6.45) is 2.90. The quantitative estimate of drug-likeness (QED) is 0.777. The fourth-order valence-electron chi connectivity index (χ4n) is 4.24. The van der Waals surface area contributed by atoms with E-state index in [-0.39, 0.29) is 17.8 Å². The van der Waals surface area contributed by atoms with Crippen molar-refractivity contribution in [2.75, 3.05) is 25.1 Å². The molecule has 28 heavy (non-hydrogen) atoms. The van der Waals surface area contributed by atoms with Gasteiger partial charge in [0, 0.05) is 25.2 Å². The molecule has 0 unspecified atom stereocenters. The van der Waals surface area contributed by atoms with Gasteiger partial charge in [0.1, 0.15) is 0 Å². The van der Waals surface area contributed by atoms with E-state index >= 15 is 0 Å². The lowest BCUT2D eigenvalue weighted by Gasteiger charge is -2.37. The van der Waals surface area contributed by atoms with Crippen LogP contribution in [-0.4, -0.2) is 42.1 Å². The van der Waals surface area contributed by atoms with Gasteiger partial charge < -0.3 is 29.8 Å². The first-order valence-corrected chi connectivity index (χ1v) is 9.56. The minimum atomic E-state index is -1.50. The van der Waals surface area contributed by atoms with Crippen molar-refractivity contribution in [1.82, 2.24) is 4.57 Å². The Morgan fingerprint density at radius 1 is 1.29 bits per heavy atom. The zero-order chi connectivity index (χ0) is 20.0. The number of nitrogens with two attached hydrogens (primary N) is 1. The molecule has 3 N–H and O–H groups in total. The van der Waals surface area contributed by atoms with Crippen LogP contribution < -0.4 is 25.5 Å². The van der Waals surface area contributed by atoms with Crippen LogP contribution in [0.1, 0.15) is 32.2 Å². The fraction of sp³-hybridized carbons (Fsp3) is 0.500. The molecule has 1 aliphatic heterocycles. The smallest absolute Gasteiger partial charge is 0.492 e. The summed E-state index contributed by atoms with van der Waals surface area (Å²) in [6.45, 7) is 3.76. The van der Waals surface area contributed by atoms with E-state index in [1.807, 2.05) is 10.6 Å². The van der Waals surface area contributed by atoms with E-state index in [0.29, 0.717) is 22.6 Å². The number of nitrogens with zero attached hydrogens (tertiary/aromatic N) is 2. The summed E-state index contributed by atoms with van der Waals surface area (Å²) >= 11 is 0. The summed E-state index contributed by atoms with van der Waals surface area (Å²) < 4.78 is 12.4. The maximum absolute atomic E-state index is 12.8. The summed E-state index contributed by atoms with van der Waals surface area (Å²) in [4.78, 5) is 26.0. The van der Waals surface area contributed by atoms with Gasteiger partial charge in [0.15, 0.2) is 11.5 Å². The van der Waals surface area contributed by atoms with Gasteiger partial charge in [0.2, 0.25) is 5.43 Å². The summed E-state index contributed by atoms with van der Waals surface area (Å²) in [7, 11) is 1.59. The van der Waals surface area contributed by atoms with E-state index in [1.54, 1.807) is 13.2 Å². The zero-order valence-electron chi connectivity index (χ0n) is 16.1. The molecule has 2 aliphatic rings. The predicted molar refractivity (Wildman–Crippen MR) is 106 cm³/mol. The molecule has 0 radical (unpaired) electrons. The van der Waals surface area contributed by atoms with Crippen molar-refractivity contribution in [3.05, 3.63) is 28.6 Å². The number of fused-ring (bicyclic) bond motifs is 1. The highest BCUT2D eigenvalue weighted by Gasteiger charge is 2.30. The molecule has 2 atom stereocenters. The maximum atomic E-state index is 12.8. The van der Waals surface area contributed by atoms with E-state index in [4.69, 9.17) is 20.3 Å². The largest absolute Gasteiger partial charge is 0.511 e. The number of hydrogen-bond donors (Lipinski definition) is 2. The number of rotatable bonds is 4. The Bertz CT molecular complexity index is 972. The lowest BCUT2D eigenvalue weighted by molar-refractivity contribution is 0.143. The molecule has 1 saturated carbocycles. The van der Waals surface area contributed by atoms with Crippen LogP contribution in [0.4, 0.5) is 10.5 Å². The molecule has 2 aromatic rings. The van der Waals surface area contributed by atoms with Gasteiger partial charge in [0.05, 0.1) is 29.9 Å². The molecule has 150 valence electrons. The molecule has 4 rings (SSSR count). The number of carboxylic acid groups (broad SMARTS) is 1. The van der Waals surface area contributed by atoms with Crippen molar-refractivity contribution in [3.8, 4) is 11.5 Å². The molecular formula is C20H25N3O5. The third kappa shape index (κ3) is 3.28. The standard InChI is InChI=1S/C20H25N3O5/c1-11-7-12(21)9-22(8-11)15-6-5-14-17(19(15)27-2)23(13-3-4-13)10-16(18(14)24)28-20(25)26/h5-6,10-13H,3-4,7-9,21H2,1-2H3,(H,25,26)/t11-,12-/m0/s1. The van der Waals surface area contributed by atoms with Gasteiger partial charge in [0.25, 0.3) is 0 Å². The van der Waals surface area contributed by atoms with Crippen LogP contribution in [0.2, 0.25) is 0 Å². The van der Waals surface area contributed by atoms with Crippen molar-refractivity contribution < 1.29 is 19.4 Å². The van der Waals surface area contributed by atoms with Gasteiger partial charge in [-0.15, -0.1) is 0 Å². The second-order valence-electron chi connectivity index (χ2n) is 7.85. The number of methoxy groups -OCH3 is 1. The summed E-state index contributed by atoms with van der Waals surface area (Å²) in [5, 5.41) is 9.35. The Morgan fingerprint density at radius 3 is 2.64 bits per heavy atom. The van der Waals surface area contributed by atoms with E-state index in [0.717, 1.165) is 38.0 Å². The molecule has 1 aromatic heterocycles. The molecule has 8 heteroatoms. The molecule has 8 nitrogen and oxygen atoms in total. The van der Waals surface area contributed by atoms with Crippen LogP contribution in [0.25, 0.3) is 10.9 Å². The maximum Gasteiger partial charge on any atom is 0.511 e. The average molecular weight is 387 g/mol. The molecule has 1 saturated heterocycles. The summed E-state index contributed by atoms with van der Waals surface area (Å²) in [5.74, 6) is 0.890. The van der Waals surface area contributed by atoms with E-state index in [1.165, 1.54) is 6.20 Å². The highest BCUT2D eigenvalue weighted by Crippen LogP contribution is 2.43. The Labute approximate surface area is 162 Å². The first kappa shape index (κ1) is 18.6. The van der Waals surface area contributed by atoms with Crippen molar-refractivity contribution in [2.45, 2.75) is 38.3 Å². The van der Waals surface area contributed by atoms with E-state index in [9.17, 15) is 9.59 Å². The first-order valence-electron chi connectivity index (χ1n) is 9.56. The summed E-state index contributed by atoms with van der Waals surface area (Å²) in [5.41, 5.74) is 7.35. The number of pyridine rings is 1. The minimum Gasteiger partial charge on any atom is -0.492 e. The fourth-order valence-corrected chi connectivity index (χ4v) is 4.24. The zero-order valence-corrected chi connectivity index (χ0v) is 16.1. The Kier molecular flexibility index (Phi) is 4.66. The summed E-state index contributed by atoms with van der Waals surface area (Å²) in [6, 6.07) is 3.87. The third-order valence-electron chi connectivity index (χ3n) is 5.47. The molecule has 0 bridgehead atoms. The second kappa shape index (κ2) is 7.01. The number of benzene rings is 1. The van der Waals surface area contributed by atoms with Crippen LogP contribution in [0.5, 0.6) is 11.5 Å². The van der Waals surface area contributed by atoms with Gasteiger partial charge in [-0.1, -0.05) is 6.92 Å². The molecule has 0 spiro atoms. The molecular weight excluding hydrogens is 362 g/mol. The molecule has 2 fully saturated rings. The average Bonchev–Trinajstić information content (AvgIpc) is 3.46. The molecule has 0 amide bonds. The van der Waals surface area contributed by atoms with Crippen LogP contribution in [-0.2, 0) is 0 Å². The third-order valence-corrected chi connectivity index (χ3v) is 5.47. The van der Waals surface area contributed by atoms with E-state index in [2.05, 4.69) is 11.8 Å². The number of carbonyl (C=O) groups is 1. The monoisotopic (exact) mass is 387 g/mol. The molecule has 1 aliphatic carbocycles. The van der Waals surface area contributed by atoms with Crippen LogP contribution in [0.15, 0.2) is 23.1 Å². The number of aromatic nitrogens is 1. The van der Waals surface area contributed by atoms with E-state index < -0.39 is 11.6 Å². The second-order valence-corrected chi connectivity index (χ2v) is 7.85. The Morgan fingerprint density at radius 2 is 2.04 bits per heavy atom. The number of piperidine rings is 1. The molecule has 1 aromatic carbocycles. The van der Waals surface area contributed by atoms with Crippen molar-refractivity contribution in [2.24, 2.45) is 11.7 Å². The molecule has 2 heterocycles. The predicted octanol–water partition coefficient (Wildman–Crippen LogP) is 2.58. The van der Waals surface area contributed by atoms with Crippen molar-refractivity contribution in [3.63, 3.8) is 0 Å². The lowest BCUT2D eigenvalue weighted by atomic mass is 9.96. The highest BCUT2D eigenvalue weighted by atomic mass is 16.7. The van der Waals surface area contributed by atoms with Crippen LogP contribution in [0, 0.1) is 5.92 Å². The van der Waals surface area contributed by atoms with Gasteiger partial charge in [-0.25, -0.2) is 4.79 Å². The highest BCUT2D eigenvalue weighted by molar-refractivity contribution is 5.92. The van der Waals surface area contributed by atoms with Gasteiger partial charge in [-0.2, -0.15) is 0 Å². The normalized spacial score (nSPS) is 22.3. The van der Waals surface area contributed by atoms with Gasteiger partial charge in [-0.3, -0.25) is 4.79 Å². The Balaban J connectivity index is 1.92. The SMILES string of the molecule is COc1c(N2C[C@@H](C)C[C@H](N)C2)ccc2c(=O)c(OC(=O)O)cn(C3CC3)c12. The van der Waals surface area contributed by atoms with Crippen LogP contribution >= 0.6 is 0 Å². The van der Waals surface area contributed by atoms with Crippen molar-refractivity contribution in [1.29, 1.82) is 0 Å². The van der Waals surface area contributed by atoms with Gasteiger partial charge in [-0.05, 0) is 37.3 Å².